The summed E-state index contributed by atoms with van der Waals surface area (Å²) < 4.78 is 26.1. The highest BCUT2D eigenvalue weighted by Crippen LogP contribution is 2.20. The summed E-state index contributed by atoms with van der Waals surface area (Å²) >= 11 is 0. The summed E-state index contributed by atoms with van der Waals surface area (Å²) in [6.45, 7) is 4.51. The fourth-order valence-corrected chi connectivity index (χ4v) is 1.93. The number of piperazine rings is 1. The first-order valence-electron chi connectivity index (χ1n) is 5.10. The molecule has 0 saturated carbocycles. The fourth-order valence-electron chi connectivity index (χ4n) is 1.93. The maximum Gasteiger partial charge on any atom is 0.128 e. The summed E-state index contributed by atoms with van der Waals surface area (Å²) in [7, 11) is 0. The number of nitrogens with zero attached hydrogens (tertiary/aromatic N) is 1. The molecule has 5 heteroatoms. The van der Waals surface area contributed by atoms with Crippen molar-refractivity contribution in [2.45, 2.75) is 13.0 Å². The minimum Gasteiger partial charge on any atom is -0.366 e. The van der Waals surface area contributed by atoms with Gasteiger partial charge in [0.15, 0.2) is 0 Å². The van der Waals surface area contributed by atoms with Crippen LogP contribution in [0.4, 0.5) is 14.5 Å². The number of anilines is 1. The van der Waals surface area contributed by atoms with Gasteiger partial charge in [0, 0.05) is 37.4 Å². The van der Waals surface area contributed by atoms with E-state index in [1.54, 1.807) is 0 Å². The molecule has 1 heterocycles. The number of hydrogen-bond acceptors (Lipinski definition) is 2. The van der Waals surface area contributed by atoms with E-state index < -0.39 is 11.6 Å². The summed E-state index contributed by atoms with van der Waals surface area (Å²) in [5.41, 5.74) is 0.626. The summed E-state index contributed by atoms with van der Waals surface area (Å²) in [6, 6.07) is 3.92. The molecule has 0 aromatic heterocycles. The van der Waals surface area contributed by atoms with Crippen LogP contribution in [-0.2, 0) is 0 Å². The smallest absolute Gasteiger partial charge is 0.128 e. The largest absolute Gasteiger partial charge is 0.366 e. The first kappa shape index (κ1) is 13.2. The predicted molar refractivity (Wildman–Crippen MR) is 63.3 cm³/mol. The van der Waals surface area contributed by atoms with Crippen molar-refractivity contribution >= 4 is 18.1 Å². The van der Waals surface area contributed by atoms with E-state index in [9.17, 15) is 8.78 Å². The molecule has 16 heavy (non-hydrogen) atoms. The lowest BCUT2D eigenvalue weighted by atomic mass is 10.1. The van der Waals surface area contributed by atoms with Crippen LogP contribution >= 0.6 is 12.4 Å². The van der Waals surface area contributed by atoms with Crippen LogP contribution in [0.2, 0.25) is 0 Å². The number of hydrogen-bond donors (Lipinski definition) is 1. The average Bonchev–Trinajstić information content (AvgIpc) is 2.16. The second-order valence-electron chi connectivity index (χ2n) is 3.87. The number of rotatable bonds is 1. The van der Waals surface area contributed by atoms with Crippen LogP contribution in [0, 0.1) is 11.6 Å². The Labute approximate surface area is 100 Å². The number of benzene rings is 1. The van der Waals surface area contributed by atoms with Crippen LogP contribution in [0.3, 0.4) is 0 Å². The molecule has 1 aromatic carbocycles. The Kier molecular flexibility index (Phi) is 4.50. The third kappa shape index (κ3) is 2.83. The molecular formula is C11H15ClF2N2. The first-order valence-corrected chi connectivity index (χ1v) is 5.10. The molecule has 0 spiro atoms. The molecule has 2 nitrogen and oxygen atoms in total. The molecule has 90 valence electrons. The molecular weight excluding hydrogens is 234 g/mol. The average molecular weight is 249 g/mol. The minimum absolute atomic E-state index is 0. The molecule has 0 aliphatic carbocycles. The van der Waals surface area contributed by atoms with E-state index in [2.05, 4.69) is 5.32 Å². The summed E-state index contributed by atoms with van der Waals surface area (Å²) in [4.78, 5) is 2.02. The molecule has 0 amide bonds. The Morgan fingerprint density at radius 3 is 2.44 bits per heavy atom. The molecule has 1 N–H and O–H groups in total. The molecule has 1 fully saturated rings. The van der Waals surface area contributed by atoms with Gasteiger partial charge in [-0.15, -0.1) is 12.4 Å². The van der Waals surface area contributed by atoms with Crippen molar-refractivity contribution in [1.29, 1.82) is 0 Å². The zero-order chi connectivity index (χ0) is 10.8. The summed E-state index contributed by atoms with van der Waals surface area (Å²) in [6.07, 6.45) is 0. The fraction of sp³-hybridized carbons (Fsp3) is 0.455. The maximum atomic E-state index is 13.0. The van der Waals surface area contributed by atoms with Gasteiger partial charge in [0.25, 0.3) is 0 Å². The summed E-state index contributed by atoms with van der Waals surface area (Å²) in [5.74, 6) is -1.04. The standard InChI is InChI=1S/C11H14F2N2.ClH/c1-8-7-14-2-3-15(8)11-5-9(12)4-10(13)6-11;/h4-6,8,14H,2-3,7H2,1H3;1H. The Bertz CT molecular complexity index is 340. The zero-order valence-electron chi connectivity index (χ0n) is 9.04. The zero-order valence-corrected chi connectivity index (χ0v) is 9.86. The number of nitrogens with one attached hydrogen (secondary N) is 1. The Balaban J connectivity index is 0.00000128. The van der Waals surface area contributed by atoms with Gasteiger partial charge in [-0.25, -0.2) is 8.78 Å². The van der Waals surface area contributed by atoms with Gasteiger partial charge in [-0.3, -0.25) is 0 Å². The van der Waals surface area contributed by atoms with Crippen LogP contribution in [0.25, 0.3) is 0 Å². The molecule has 0 bridgehead atoms. The van der Waals surface area contributed by atoms with E-state index in [1.807, 2.05) is 11.8 Å². The normalized spacial score (nSPS) is 20.4. The van der Waals surface area contributed by atoms with Crippen molar-refractivity contribution < 1.29 is 8.78 Å². The Morgan fingerprint density at radius 2 is 1.88 bits per heavy atom. The van der Waals surface area contributed by atoms with E-state index >= 15 is 0 Å². The van der Waals surface area contributed by atoms with Gasteiger partial charge in [0.05, 0.1) is 0 Å². The van der Waals surface area contributed by atoms with Crippen LogP contribution in [0.1, 0.15) is 6.92 Å². The highest BCUT2D eigenvalue weighted by atomic mass is 35.5. The third-order valence-electron chi connectivity index (χ3n) is 2.68. The van der Waals surface area contributed by atoms with E-state index in [0.29, 0.717) is 5.69 Å². The second-order valence-corrected chi connectivity index (χ2v) is 3.87. The van der Waals surface area contributed by atoms with Gasteiger partial charge in [-0.05, 0) is 19.1 Å². The molecule has 0 radical (unpaired) electrons. The van der Waals surface area contributed by atoms with Gasteiger partial charge in [0.1, 0.15) is 11.6 Å². The van der Waals surface area contributed by atoms with Crippen molar-refractivity contribution in [3.8, 4) is 0 Å². The van der Waals surface area contributed by atoms with E-state index in [0.717, 1.165) is 25.7 Å². The predicted octanol–water partition coefficient (Wildman–Crippen LogP) is 2.18. The maximum absolute atomic E-state index is 13.0. The lowest BCUT2D eigenvalue weighted by molar-refractivity contribution is 0.497. The third-order valence-corrected chi connectivity index (χ3v) is 2.68. The van der Waals surface area contributed by atoms with Crippen molar-refractivity contribution in [2.24, 2.45) is 0 Å². The van der Waals surface area contributed by atoms with Gasteiger partial charge in [-0.2, -0.15) is 0 Å². The second kappa shape index (κ2) is 5.46. The molecule has 1 saturated heterocycles. The quantitative estimate of drug-likeness (QED) is 0.820. The monoisotopic (exact) mass is 248 g/mol. The lowest BCUT2D eigenvalue weighted by Crippen LogP contribution is -2.50. The van der Waals surface area contributed by atoms with E-state index in [4.69, 9.17) is 0 Å². The van der Waals surface area contributed by atoms with Gasteiger partial charge in [-0.1, -0.05) is 0 Å². The minimum atomic E-state index is -0.518. The van der Waals surface area contributed by atoms with Crippen LogP contribution in [0.15, 0.2) is 18.2 Å². The highest BCUT2D eigenvalue weighted by molar-refractivity contribution is 5.85. The van der Waals surface area contributed by atoms with Crippen LogP contribution in [0.5, 0.6) is 0 Å². The van der Waals surface area contributed by atoms with Gasteiger partial charge >= 0.3 is 0 Å². The lowest BCUT2D eigenvalue weighted by Gasteiger charge is -2.35. The van der Waals surface area contributed by atoms with Crippen molar-refractivity contribution in [1.82, 2.24) is 5.32 Å². The van der Waals surface area contributed by atoms with Gasteiger partial charge < -0.3 is 10.2 Å². The van der Waals surface area contributed by atoms with Gasteiger partial charge in [0.2, 0.25) is 0 Å². The molecule has 1 aromatic rings. The number of halogens is 3. The van der Waals surface area contributed by atoms with Crippen molar-refractivity contribution in [2.75, 3.05) is 24.5 Å². The molecule has 2 rings (SSSR count). The molecule has 1 unspecified atom stereocenters. The van der Waals surface area contributed by atoms with Crippen molar-refractivity contribution in [3.63, 3.8) is 0 Å². The first-order chi connectivity index (χ1) is 7.16. The molecule has 1 aliphatic rings. The topological polar surface area (TPSA) is 15.3 Å². The molecule has 1 atom stereocenters. The van der Waals surface area contributed by atoms with Crippen LogP contribution < -0.4 is 10.2 Å². The van der Waals surface area contributed by atoms with E-state index in [-0.39, 0.29) is 18.4 Å². The van der Waals surface area contributed by atoms with E-state index in [1.165, 1.54) is 12.1 Å². The SMILES string of the molecule is CC1CNCCN1c1cc(F)cc(F)c1.Cl. The molecule has 1 aliphatic heterocycles. The Hall–Kier alpha value is -0.870. The highest BCUT2D eigenvalue weighted by Gasteiger charge is 2.19. The van der Waals surface area contributed by atoms with Crippen molar-refractivity contribution in [3.05, 3.63) is 29.8 Å². The summed E-state index contributed by atoms with van der Waals surface area (Å²) in [5, 5.41) is 3.23. The Morgan fingerprint density at radius 1 is 1.25 bits per heavy atom. The van der Waals surface area contributed by atoms with Crippen LogP contribution in [-0.4, -0.2) is 25.7 Å².